The van der Waals surface area contributed by atoms with Gasteiger partial charge in [-0.3, -0.25) is 4.79 Å². The van der Waals surface area contributed by atoms with Crippen molar-refractivity contribution in [2.75, 3.05) is 0 Å². The molecule has 1 aromatic heterocycles. The highest BCUT2D eigenvalue weighted by Crippen LogP contribution is 2.28. The molecule has 0 spiro atoms. The number of fused-ring (bicyclic) bond motifs is 3. The number of carbonyl (C=O) groups is 1. The largest absolute Gasteiger partial charge is 0.305 e. The smallest absolute Gasteiger partial charge is 0.279 e. The lowest BCUT2D eigenvalue weighted by Crippen LogP contribution is -2.16. The van der Waals surface area contributed by atoms with E-state index in [0.29, 0.717) is 16.9 Å². The molecule has 0 saturated carbocycles. The number of benzene rings is 3. The molecule has 4 heteroatoms. The Hall–Kier alpha value is -3.16. The van der Waals surface area contributed by atoms with Gasteiger partial charge in [0, 0.05) is 10.9 Å². The SMILES string of the molecule is C#CCn1c(=NC(=O)c2ccc(C(C)(C)C)cc2)sc2c3ccccc3ccc21. The summed E-state index contributed by atoms with van der Waals surface area (Å²) < 4.78 is 3.03. The van der Waals surface area contributed by atoms with Crippen LogP contribution in [-0.2, 0) is 12.0 Å². The Morgan fingerprint density at radius 2 is 1.79 bits per heavy atom. The van der Waals surface area contributed by atoms with Gasteiger partial charge >= 0.3 is 0 Å². The van der Waals surface area contributed by atoms with E-state index in [9.17, 15) is 4.79 Å². The molecule has 0 N–H and O–H groups in total. The van der Waals surface area contributed by atoms with Crippen molar-refractivity contribution in [1.82, 2.24) is 4.57 Å². The van der Waals surface area contributed by atoms with E-state index >= 15 is 0 Å². The summed E-state index contributed by atoms with van der Waals surface area (Å²) in [6, 6.07) is 20.0. The van der Waals surface area contributed by atoms with Gasteiger partial charge in [0.1, 0.15) is 0 Å². The van der Waals surface area contributed by atoms with Crippen molar-refractivity contribution in [1.29, 1.82) is 0 Å². The Morgan fingerprint density at radius 3 is 2.48 bits per heavy atom. The molecular formula is C25H22N2OS. The van der Waals surface area contributed by atoms with Crippen molar-refractivity contribution in [2.45, 2.75) is 32.7 Å². The third kappa shape index (κ3) is 3.62. The lowest BCUT2D eigenvalue weighted by Gasteiger charge is -2.18. The van der Waals surface area contributed by atoms with Gasteiger partial charge in [-0.05, 0) is 34.6 Å². The quantitative estimate of drug-likeness (QED) is 0.409. The molecule has 0 unspecified atom stereocenters. The summed E-state index contributed by atoms with van der Waals surface area (Å²) in [4.78, 5) is 17.9. The van der Waals surface area contributed by atoms with Crippen molar-refractivity contribution in [3.05, 3.63) is 76.6 Å². The zero-order valence-corrected chi connectivity index (χ0v) is 17.6. The van der Waals surface area contributed by atoms with Crippen LogP contribution in [0, 0.1) is 12.3 Å². The van der Waals surface area contributed by atoms with E-state index in [4.69, 9.17) is 6.42 Å². The average molecular weight is 399 g/mol. The molecule has 144 valence electrons. The van der Waals surface area contributed by atoms with Crippen molar-refractivity contribution in [2.24, 2.45) is 4.99 Å². The molecule has 4 rings (SSSR count). The number of rotatable bonds is 2. The summed E-state index contributed by atoms with van der Waals surface area (Å²) >= 11 is 1.50. The molecule has 3 aromatic carbocycles. The van der Waals surface area contributed by atoms with Crippen LogP contribution in [0.25, 0.3) is 21.0 Å². The van der Waals surface area contributed by atoms with Crippen LogP contribution >= 0.6 is 11.3 Å². The maximum Gasteiger partial charge on any atom is 0.279 e. The number of amides is 1. The molecule has 0 aliphatic carbocycles. The third-order valence-electron chi connectivity index (χ3n) is 5.02. The van der Waals surface area contributed by atoms with Crippen LogP contribution in [-0.4, -0.2) is 10.5 Å². The van der Waals surface area contributed by atoms with Gasteiger partial charge in [0.05, 0.1) is 16.8 Å². The molecule has 0 radical (unpaired) electrons. The van der Waals surface area contributed by atoms with E-state index in [2.05, 4.69) is 49.9 Å². The highest BCUT2D eigenvalue weighted by molar-refractivity contribution is 7.17. The third-order valence-corrected chi connectivity index (χ3v) is 6.15. The Kier molecular flexibility index (Phi) is 4.86. The van der Waals surface area contributed by atoms with Crippen LogP contribution in [0.3, 0.4) is 0 Å². The predicted molar refractivity (Wildman–Crippen MR) is 121 cm³/mol. The van der Waals surface area contributed by atoms with Crippen molar-refractivity contribution in [3.8, 4) is 12.3 Å². The standard InChI is InChI=1S/C25H22N2OS/c1-5-16-27-21-15-12-17-8-6-7-9-20(17)22(21)29-24(27)26-23(28)18-10-13-19(14-11-18)25(2,3)4/h1,6-15H,16H2,2-4H3. The summed E-state index contributed by atoms with van der Waals surface area (Å²) in [7, 11) is 0. The normalized spacial score (nSPS) is 12.4. The number of hydrogen-bond acceptors (Lipinski definition) is 2. The molecule has 4 aromatic rings. The molecule has 0 bridgehead atoms. The van der Waals surface area contributed by atoms with Gasteiger partial charge < -0.3 is 4.57 Å². The van der Waals surface area contributed by atoms with Crippen molar-refractivity contribution >= 4 is 38.2 Å². The minimum absolute atomic E-state index is 0.0427. The monoisotopic (exact) mass is 398 g/mol. The maximum absolute atomic E-state index is 12.8. The number of aromatic nitrogens is 1. The van der Waals surface area contributed by atoms with Crippen LogP contribution < -0.4 is 4.80 Å². The van der Waals surface area contributed by atoms with Gasteiger partial charge in [0.15, 0.2) is 4.80 Å². The molecule has 29 heavy (non-hydrogen) atoms. The number of terminal acetylenes is 1. The highest BCUT2D eigenvalue weighted by atomic mass is 32.1. The first kappa shape index (κ1) is 19.2. The van der Waals surface area contributed by atoms with E-state index in [-0.39, 0.29) is 11.3 Å². The molecule has 0 saturated heterocycles. The molecule has 0 aliphatic heterocycles. The second-order valence-electron chi connectivity index (χ2n) is 8.05. The van der Waals surface area contributed by atoms with Crippen LogP contribution in [0.15, 0.2) is 65.7 Å². The second-order valence-corrected chi connectivity index (χ2v) is 9.03. The first-order chi connectivity index (χ1) is 13.9. The highest BCUT2D eigenvalue weighted by Gasteiger charge is 2.15. The number of thiazole rings is 1. The fourth-order valence-electron chi connectivity index (χ4n) is 3.39. The molecule has 3 nitrogen and oxygen atoms in total. The topological polar surface area (TPSA) is 34.4 Å². The first-order valence-corrected chi connectivity index (χ1v) is 10.3. The molecule has 0 aliphatic rings. The van der Waals surface area contributed by atoms with Crippen LogP contribution in [0.1, 0.15) is 36.7 Å². The fourth-order valence-corrected chi connectivity index (χ4v) is 4.56. The zero-order chi connectivity index (χ0) is 20.6. The van der Waals surface area contributed by atoms with E-state index in [1.807, 2.05) is 47.0 Å². The average Bonchev–Trinajstić information content (AvgIpc) is 3.05. The van der Waals surface area contributed by atoms with Crippen LogP contribution in [0.5, 0.6) is 0 Å². The van der Waals surface area contributed by atoms with E-state index < -0.39 is 0 Å². The van der Waals surface area contributed by atoms with Gasteiger partial charge in [-0.25, -0.2) is 0 Å². The van der Waals surface area contributed by atoms with Crippen molar-refractivity contribution < 1.29 is 4.79 Å². The Balaban J connectivity index is 1.85. The number of hydrogen-bond donors (Lipinski definition) is 0. The number of nitrogens with zero attached hydrogens (tertiary/aromatic N) is 2. The molecule has 1 heterocycles. The van der Waals surface area contributed by atoms with Crippen molar-refractivity contribution in [3.63, 3.8) is 0 Å². The minimum Gasteiger partial charge on any atom is -0.305 e. The Labute approximate surface area is 174 Å². The second kappa shape index (κ2) is 7.35. The van der Waals surface area contributed by atoms with Crippen LogP contribution in [0.4, 0.5) is 0 Å². The zero-order valence-electron chi connectivity index (χ0n) is 16.8. The van der Waals surface area contributed by atoms with Gasteiger partial charge in [-0.2, -0.15) is 4.99 Å². The maximum atomic E-state index is 12.8. The lowest BCUT2D eigenvalue weighted by molar-refractivity contribution is 0.0998. The molecule has 0 fully saturated rings. The minimum atomic E-state index is -0.257. The van der Waals surface area contributed by atoms with E-state index in [1.54, 1.807) is 0 Å². The molecule has 0 atom stereocenters. The van der Waals surface area contributed by atoms with E-state index in [0.717, 1.165) is 21.0 Å². The van der Waals surface area contributed by atoms with Crippen LogP contribution in [0.2, 0.25) is 0 Å². The molecule has 1 amide bonds. The number of carbonyl (C=O) groups excluding carboxylic acids is 1. The lowest BCUT2D eigenvalue weighted by atomic mass is 9.87. The summed E-state index contributed by atoms with van der Waals surface area (Å²) in [6.45, 7) is 6.82. The summed E-state index contributed by atoms with van der Waals surface area (Å²) in [5.41, 5.74) is 2.81. The Morgan fingerprint density at radius 1 is 1.07 bits per heavy atom. The van der Waals surface area contributed by atoms with Gasteiger partial charge in [-0.15, -0.1) is 6.42 Å². The first-order valence-electron chi connectivity index (χ1n) is 9.52. The summed E-state index contributed by atoms with van der Waals surface area (Å²) in [5, 5.41) is 2.30. The summed E-state index contributed by atoms with van der Waals surface area (Å²) in [6.07, 6.45) is 5.60. The Bertz CT molecular complexity index is 1330. The summed E-state index contributed by atoms with van der Waals surface area (Å²) in [5.74, 6) is 2.43. The predicted octanol–water partition coefficient (Wildman–Crippen LogP) is 5.53. The van der Waals surface area contributed by atoms with E-state index in [1.165, 1.54) is 16.9 Å². The van der Waals surface area contributed by atoms with Gasteiger partial charge in [-0.1, -0.05) is 80.5 Å². The molecular weight excluding hydrogens is 376 g/mol. The van der Waals surface area contributed by atoms with Gasteiger partial charge in [0.25, 0.3) is 5.91 Å². The fraction of sp³-hybridized carbons (Fsp3) is 0.200. The van der Waals surface area contributed by atoms with Gasteiger partial charge in [0.2, 0.25) is 0 Å².